The van der Waals surface area contributed by atoms with E-state index in [1.807, 2.05) is 35.9 Å². The van der Waals surface area contributed by atoms with Crippen LogP contribution in [0.5, 0.6) is 17.2 Å². The fraction of sp³-hybridized carbons (Fsp3) is 0.200. The zero-order valence-electron chi connectivity index (χ0n) is 16.5. The molecule has 0 spiro atoms. The molecule has 0 aliphatic rings. The third-order valence-corrected chi connectivity index (χ3v) is 4.62. The minimum absolute atomic E-state index is 0.283. The lowest BCUT2D eigenvalue weighted by Gasteiger charge is -2.12. The summed E-state index contributed by atoms with van der Waals surface area (Å²) in [6, 6.07) is 11.5. The molecular formula is C20H20N6O3. The quantitative estimate of drug-likeness (QED) is 0.398. The average Bonchev–Trinajstić information content (AvgIpc) is 3.05. The summed E-state index contributed by atoms with van der Waals surface area (Å²) in [6.45, 7) is 0. The molecule has 2 heterocycles. The van der Waals surface area contributed by atoms with Gasteiger partial charge in [-0.3, -0.25) is 0 Å². The number of hydrazone groups is 1. The van der Waals surface area contributed by atoms with Crippen LogP contribution in [-0.2, 0) is 7.05 Å². The number of aryl methyl sites for hydroxylation is 1. The zero-order valence-corrected chi connectivity index (χ0v) is 16.5. The monoisotopic (exact) mass is 392 g/mol. The van der Waals surface area contributed by atoms with Gasteiger partial charge in [-0.15, -0.1) is 10.2 Å². The maximum Gasteiger partial charge on any atom is 0.265 e. The summed E-state index contributed by atoms with van der Waals surface area (Å²) in [5.41, 5.74) is 5.98. The van der Waals surface area contributed by atoms with Crippen LogP contribution in [0.2, 0.25) is 0 Å². The SMILES string of the molecule is COc1cc(OC)c(/C=N\Nc2nnc3c4ccccc4n(C)c3n2)c(OC)c1. The summed E-state index contributed by atoms with van der Waals surface area (Å²) in [4.78, 5) is 4.54. The second-order valence-electron chi connectivity index (χ2n) is 6.20. The van der Waals surface area contributed by atoms with E-state index in [0.29, 0.717) is 22.8 Å². The highest BCUT2D eigenvalue weighted by molar-refractivity contribution is 6.04. The van der Waals surface area contributed by atoms with Crippen molar-refractivity contribution in [2.75, 3.05) is 26.8 Å². The van der Waals surface area contributed by atoms with Crippen molar-refractivity contribution in [1.29, 1.82) is 0 Å². The lowest BCUT2D eigenvalue weighted by atomic mass is 10.2. The molecule has 2 aromatic heterocycles. The second-order valence-corrected chi connectivity index (χ2v) is 6.20. The molecule has 0 atom stereocenters. The molecule has 0 saturated carbocycles. The summed E-state index contributed by atoms with van der Waals surface area (Å²) in [7, 11) is 6.66. The molecule has 0 unspecified atom stereocenters. The molecule has 9 heteroatoms. The highest BCUT2D eigenvalue weighted by Gasteiger charge is 2.13. The van der Waals surface area contributed by atoms with E-state index in [4.69, 9.17) is 14.2 Å². The lowest BCUT2D eigenvalue weighted by Crippen LogP contribution is -2.02. The Labute approximate surface area is 166 Å². The highest BCUT2D eigenvalue weighted by atomic mass is 16.5. The van der Waals surface area contributed by atoms with Crippen LogP contribution in [0, 0.1) is 0 Å². The fourth-order valence-corrected chi connectivity index (χ4v) is 3.17. The van der Waals surface area contributed by atoms with Crippen LogP contribution in [-0.4, -0.2) is 47.3 Å². The summed E-state index contributed by atoms with van der Waals surface area (Å²) in [5.74, 6) is 2.04. The third kappa shape index (κ3) is 3.27. The maximum absolute atomic E-state index is 5.41. The van der Waals surface area contributed by atoms with Crippen LogP contribution >= 0.6 is 0 Å². The van der Waals surface area contributed by atoms with E-state index in [-0.39, 0.29) is 5.95 Å². The Hall–Kier alpha value is -3.88. The van der Waals surface area contributed by atoms with Gasteiger partial charge >= 0.3 is 0 Å². The van der Waals surface area contributed by atoms with Crippen LogP contribution in [0.15, 0.2) is 41.5 Å². The summed E-state index contributed by atoms with van der Waals surface area (Å²) >= 11 is 0. The Morgan fingerprint density at radius 1 is 1.00 bits per heavy atom. The largest absolute Gasteiger partial charge is 0.496 e. The number of fused-ring (bicyclic) bond motifs is 3. The zero-order chi connectivity index (χ0) is 20.4. The normalized spacial score (nSPS) is 11.3. The van der Waals surface area contributed by atoms with Crippen molar-refractivity contribution < 1.29 is 14.2 Å². The molecule has 4 rings (SSSR count). The topological polar surface area (TPSA) is 95.7 Å². The first kappa shape index (κ1) is 18.5. The van der Waals surface area contributed by atoms with Crippen molar-refractivity contribution in [1.82, 2.24) is 19.7 Å². The Kier molecular flexibility index (Phi) is 4.86. The smallest absolute Gasteiger partial charge is 0.265 e. The van der Waals surface area contributed by atoms with Crippen LogP contribution in [0.3, 0.4) is 0 Å². The first-order valence-electron chi connectivity index (χ1n) is 8.83. The first-order valence-corrected chi connectivity index (χ1v) is 8.83. The Morgan fingerprint density at radius 3 is 2.41 bits per heavy atom. The number of rotatable bonds is 6. The molecule has 29 heavy (non-hydrogen) atoms. The number of nitrogens with one attached hydrogen (secondary N) is 1. The number of ether oxygens (including phenoxy) is 3. The van der Waals surface area contributed by atoms with Gasteiger partial charge < -0.3 is 18.8 Å². The van der Waals surface area contributed by atoms with E-state index < -0.39 is 0 Å². The molecule has 0 amide bonds. The van der Waals surface area contributed by atoms with Crippen molar-refractivity contribution in [3.8, 4) is 17.2 Å². The molecule has 0 radical (unpaired) electrons. The number of anilines is 1. The third-order valence-electron chi connectivity index (χ3n) is 4.62. The van der Waals surface area contributed by atoms with Crippen molar-refractivity contribution >= 4 is 34.2 Å². The summed E-state index contributed by atoms with van der Waals surface area (Å²) in [6.07, 6.45) is 1.58. The van der Waals surface area contributed by atoms with E-state index in [9.17, 15) is 0 Å². The molecule has 2 aromatic carbocycles. The molecule has 148 valence electrons. The number of hydrogen-bond acceptors (Lipinski definition) is 8. The predicted octanol–water partition coefficient (Wildman–Crippen LogP) is 2.99. The van der Waals surface area contributed by atoms with E-state index in [0.717, 1.165) is 22.1 Å². The van der Waals surface area contributed by atoms with E-state index in [1.54, 1.807) is 39.7 Å². The summed E-state index contributed by atoms with van der Waals surface area (Å²) in [5, 5.41) is 13.7. The molecule has 0 bridgehead atoms. The molecule has 1 N–H and O–H groups in total. The number of aromatic nitrogens is 4. The van der Waals surface area contributed by atoms with Gasteiger partial charge in [0.25, 0.3) is 5.95 Å². The average molecular weight is 392 g/mol. The number of benzene rings is 2. The van der Waals surface area contributed by atoms with Crippen LogP contribution in [0.25, 0.3) is 22.1 Å². The number of nitrogens with zero attached hydrogens (tertiary/aromatic N) is 5. The van der Waals surface area contributed by atoms with Gasteiger partial charge in [0, 0.05) is 24.6 Å². The minimum atomic E-state index is 0.283. The predicted molar refractivity (Wildman–Crippen MR) is 111 cm³/mol. The Bertz CT molecular complexity index is 1190. The fourth-order valence-electron chi connectivity index (χ4n) is 3.17. The number of hydrogen-bond donors (Lipinski definition) is 1. The van der Waals surface area contributed by atoms with Crippen molar-refractivity contribution in [3.63, 3.8) is 0 Å². The van der Waals surface area contributed by atoms with Crippen LogP contribution in [0.1, 0.15) is 5.56 Å². The second kappa shape index (κ2) is 7.63. The minimum Gasteiger partial charge on any atom is -0.496 e. The lowest BCUT2D eigenvalue weighted by molar-refractivity contribution is 0.374. The van der Waals surface area contributed by atoms with E-state index in [2.05, 4.69) is 25.7 Å². The van der Waals surface area contributed by atoms with Gasteiger partial charge in [0.2, 0.25) is 0 Å². The molecule has 0 saturated heterocycles. The van der Waals surface area contributed by atoms with Crippen LogP contribution in [0.4, 0.5) is 5.95 Å². The van der Waals surface area contributed by atoms with Gasteiger partial charge in [-0.2, -0.15) is 10.1 Å². The van der Waals surface area contributed by atoms with Crippen molar-refractivity contribution in [3.05, 3.63) is 42.0 Å². The number of methoxy groups -OCH3 is 3. The van der Waals surface area contributed by atoms with E-state index >= 15 is 0 Å². The maximum atomic E-state index is 5.41. The highest BCUT2D eigenvalue weighted by Crippen LogP contribution is 2.32. The molecule has 0 aliphatic heterocycles. The van der Waals surface area contributed by atoms with Crippen molar-refractivity contribution in [2.45, 2.75) is 0 Å². The van der Waals surface area contributed by atoms with E-state index in [1.165, 1.54) is 0 Å². The molecule has 0 aliphatic carbocycles. The number of para-hydroxylation sites is 1. The van der Waals surface area contributed by atoms with Gasteiger partial charge in [0.05, 0.1) is 38.6 Å². The molecule has 9 nitrogen and oxygen atoms in total. The Balaban J connectivity index is 1.65. The molecule has 0 fully saturated rings. The molecular weight excluding hydrogens is 372 g/mol. The van der Waals surface area contributed by atoms with Gasteiger partial charge in [0.1, 0.15) is 22.8 Å². The first-order chi connectivity index (χ1) is 14.2. The van der Waals surface area contributed by atoms with Crippen molar-refractivity contribution in [2.24, 2.45) is 12.1 Å². The van der Waals surface area contributed by atoms with Gasteiger partial charge in [0.15, 0.2) is 5.65 Å². The van der Waals surface area contributed by atoms with Gasteiger partial charge in [-0.25, -0.2) is 5.43 Å². The molecule has 4 aromatic rings. The van der Waals surface area contributed by atoms with Gasteiger partial charge in [-0.1, -0.05) is 18.2 Å². The standard InChI is InChI=1S/C20H20N6O3/c1-26-15-8-6-5-7-13(15)18-19(26)22-20(25-23-18)24-21-11-14-16(28-3)9-12(27-2)10-17(14)29-4/h5-11H,1-4H3,(H,22,24,25)/b21-11-. The Morgan fingerprint density at radius 2 is 1.72 bits per heavy atom. The van der Waals surface area contributed by atoms with Crippen LogP contribution < -0.4 is 19.6 Å². The summed E-state index contributed by atoms with van der Waals surface area (Å²) < 4.78 is 18.1. The van der Waals surface area contributed by atoms with Gasteiger partial charge in [-0.05, 0) is 6.07 Å².